The topological polar surface area (TPSA) is 116 Å². The lowest BCUT2D eigenvalue weighted by molar-refractivity contribution is -0.144. The quantitative estimate of drug-likeness (QED) is 0.526. The molecule has 1 aliphatic rings. The number of hydrogen-bond donors (Lipinski definition) is 3. The number of ether oxygens (including phenoxy) is 1. The molecule has 170 valence electrons. The smallest absolute Gasteiger partial charge is 0.315 e. The van der Waals surface area contributed by atoms with Gasteiger partial charge in [-0.3, -0.25) is 14.4 Å². The van der Waals surface area contributed by atoms with E-state index in [4.69, 9.17) is 21.4 Å². The van der Waals surface area contributed by atoms with Crippen LogP contribution in [0, 0.1) is 12.8 Å². The van der Waals surface area contributed by atoms with Gasteiger partial charge >= 0.3 is 5.97 Å². The molecule has 2 amide bonds. The van der Waals surface area contributed by atoms with Gasteiger partial charge in [-0.05, 0) is 69.0 Å². The maximum absolute atomic E-state index is 12.8. The van der Waals surface area contributed by atoms with E-state index < -0.39 is 17.8 Å². The van der Waals surface area contributed by atoms with Crippen molar-refractivity contribution in [3.8, 4) is 17.2 Å². The third kappa shape index (κ3) is 4.96. The molecule has 0 aliphatic heterocycles. The van der Waals surface area contributed by atoms with E-state index in [2.05, 4.69) is 5.32 Å². The average Bonchev–Trinajstić information content (AvgIpc) is 2.69. The molecule has 1 fully saturated rings. The molecule has 0 heterocycles. The highest BCUT2D eigenvalue weighted by Crippen LogP contribution is 2.37. The van der Waals surface area contributed by atoms with E-state index in [0.29, 0.717) is 22.7 Å². The first kappa shape index (κ1) is 23.4. The number of aromatic hydroxyl groups is 1. The van der Waals surface area contributed by atoms with Crippen molar-refractivity contribution in [1.82, 2.24) is 4.90 Å². The number of nitrogens with zero attached hydrogens (tertiary/aromatic N) is 1. The Labute approximate surface area is 190 Å². The summed E-state index contributed by atoms with van der Waals surface area (Å²) in [6.45, 7) is 3.00. The molecule has 0 bridgehead atoms. The zero-order chi connectivity index (χ0) is 23.6. The number of aryl methyl sites for hydroxylation is 1. The Hall–Kier alpha value is -3.26. The molecule has 3 N–H and O–H groups in total. The first-order valence-electron chi connectivity index (χ1n) is 10.2. The molecule has 0 radical (unpaired) electrons. The van der Waals surface area contributed by atoms with Crippen molar-refractivity contribution in [2.75, 3.05) is 12.4 Å². The fraction of sp³-hybridized carbons (Fsp3) is 0.348. The lowest BCUT2D eigenvalue weighted by atomic mass is 9.91. The van der Waals surface area contributed by atoms with Crippen molar-refractivity contribution in [2.45, 2.75) is 39.2 Å². The Balaban J connectivity index is 1.80. The van der Waals surface area contributed by atoms with Crippen molar-refractivity contribution < 1.29 is 29.3 Å². The summed E-state index contributed by atoms with van der Waals surface area (Å²) in [6.07, 6.45) is 2.98. The molecule has 0 saturated heterocycles. The van der Waals surface area contributed by atoms with Crippen LogP contribution in [0.4, 0.5) is 5.69 Å². The molecular formula is C23H25ClN2O6. The molecule has 9 heteroatoms. The van der Waals surface area contributed by atoms with E-state index in [1.165, 1.54) is 31.2 Å². The number of rotatable bonds is 7. The van der Waals surface area contributed by atoms with Crippen LogP contribution < -0.4 is 10.1 Å². The van der Waals surface area contributed by atoms with Crippen LogP contribution in [-0.4, -0.2) is 46.0 Å². The Bertz CT molecular complexity index is 1040. The van der Waals surface area contributed by atoms with Crippen molar-refractivity contribution in [3.63, 3.8) is 0 Å². The number of amides is 2. The summed E-state index contributed by atoms with van der Waals surface area (Å²) in [5.41, 5.74) is 1.06. The second-order valence-corrected chi connectivity index (χ2v) is 8.34. The van der Waals surface area contributed by atoms with Crippen LogP contribution in [0.25, 0.3) is 0 Å². The third-order valence-corrected chi connectivity index (χ3v) is 5.90. The van der Waals surface area contributed by atoms with Gasteiger partial charge in [-0.25, -0.2) is 0 Å². The highest BCUT2D eigenvalue weighted by molar-refractivity contribution is 6.32. The monoisotopic (exact) mass is 460 g/mol. The molecule has 1 unspecified atom stereocenters. The molecule has 3 rings (SSSR count). The predicted molar refractivity (Wildman–Crippen MR) is 120 cm³/mol. The van der Waals surface area contributed by atoms with Crippen LogP contribution in [0.15, 0.2) is 30.3 Å². The summed E-state index contributed by atoms with van der Waals surface area (Å²) >= 11 is 6.34. The number of carboxylic acids is 1. The van der Waals surface area contributed by atoms with Crippen molar-refractivity contribution in [3.05, 3.63) is 46.5 Å². The number of nitrogens with one attached hydrogen (secondary N) is 1. The van der Waals surface area contributed by atoms with E-state index in [0.717, 1.165) is 19.3 Å². The van der Waals surface area contributed by atoms with Gasteiger partial charge in [0, 0.05) is 18.8 Å². The van der Waals surface area contributed by atoms with E-state index in [9.17, 15) is 19.5 Å². The lowest BCUT2D eigenvalue weighted by Gasteiger charge is -2.34. The molecule has 2 aromatic carbocycles. The highest BCUT2D eigenvalue weighted by Gasteiger charge is 2.28. The van der Waals surface area contributed by atoms with Crippen LogP contribution in [0.3, 0.4) is 0 Å². The van der Waals surface area contributed by atoms with Gasteiger partial charge in [-0.2, -0.15) is 0 Å². The zero-order valence-corrected chi connectivity index (χ0v) is 18.8. The number of halogens is 1. The van der Waals surface area contributed by atoms with Gasteiger partial charge in [-0.15, -0.1) is 0 Å². The van der Waals surface area contributed by atoms with E-state index in [1.54, 1.807) is 24.9 Å². The molecule has 32 heavy (non-hydrogen) atoms. The number of benzene rings is 2. The van der Waals surface area contributed by atoms with Gasteiger partial charge in [0.15, 0.2) is 0 Å². The van der Waals surface area contributed by atoms with Gasteiger partial charge in [0.1, 0.15) is 23.2 Å². The number of phenolic OH excluding ortho intramolecular Hbond substituents is 1. The summed E-state index contributed by atoms with van der Waals surface area (Å²) in [5, 5.41) is 21.9. The van der Waals surface area contributed by atoms with E-state index >= 15 is 0 Å². The van der Waals surface area contributed by atoms with Crippen LogP contribution in [-0.2, 0) is 9.59 Å². The van der Waals surface area contributed by atoms with E-state index in [1.807, 2.05) is 0 Å². The van der Waals surface area contributed by atoms with Gasteiger partial charge in [0.05, 0.1) is 10.6 Å². The molecule has 2 aromatic rings. The Morgan fingerprint density at radius 1 is 1.22 bits per heavy atom. The molecule has 1 atom stereocenters. The van der Waals surface area contributed by atoms with Crippen LogP contribution >= 0.6 is 11.6 Å². The summed E-state index contributed by atoms with van der Waals surface area (Å²) < 4.78 is 5.89. The average molecular weight is 461 g/mol. The molecule has 0 aromatic heterocycles. The summed E-state index contributed by atoms with van der Waals surface area (Å²) in [4.78, 5) is 37.4. The van der Waals surface area contributed by atoms with Gasteiger partial charge in [-0.1, -0.05) is 11.6 Å². The van der Waals surface area contributed by atoms with Crippen LogP contribution in [0.5, 0.6) is 17.2 Å². The minimum Gasteiger partial charge on any atom is -0.507 e. The number of hydrogen-bond acceptors (Lipinski definition) is 5. The first-order chi connectivity index (χ1) is 15.1. The Kier molecular flexibility index (Phi) is 6.93. The second kappa shape index (κ2) is 9.48. The number of carboxylic acid groups (broad SMARTS) is 1. The van der Waals surface area contributed by atoms with Gasteiger partial charge in [0.2, 0.25) is 5.91 Å². The maximum atomic E-state index is 12.8. The lowest BCUT2D eigenvalue weighted by Crippen LogP contribution is -2.41. The van der Waals surface area contributed by atoms with Gasteiger partial charge in [0.25, 0.3) is 5.91 Å². The normalized spacial score (nSPS) is 14.2. The molecule has 8 nitrogen and oxygen atoms in total. The van der Waals surface area contributed by atoms with E-state index in [-0.39, 0.29) is 28.3 Å². The van der Waals surface area contributed by atoms with Crippen molar-refractivity contribution >= 4 is 35.1 Å². The second-order valence-electron chi connectivity index (χ2n) is 7.94. The predicted octanol–water partition coefficient (Wildman–Crippen LogP) is 4.43. The number of anilines is 1. The van der Waals surface area contributed by atoms with Crippen molar-refractivity contribution in [1.29, 1.82) is 0 Å². The molecular weight excluding hydrogens is 436 g/mol. The van der Waals surface area contributed by atoms with Crippen LogP contribution in [0.2, 0.25) is 5.02 Å². The fourth-order valence-corrected chi connectivity index (χ4v) is 3.60. The number of aliphatic carboxylic acids is 1. The minimum atomic E-state index is -1.23. The number of carbonyl (C=O) groups excluding carboxylic acids is 2. The Morgan fingerprint density at radius 2 is 1.91 bits per heavy atom. The zero-order valence-electron chi connectivity index (χ0n) is 18.0. The standard InChI is InChI=1S/C23H25ClN2O6/c1-12-9-14(25-21(28)13(2)23(30)31)10-18(24)20(12)32-16-7-8-19(27)17(11-16)22(29)26(3)15-5-4-6-15/h7-11,13,15,27H,4-6H2,1-3H3,(H,25,28)(H,30,31). The Morgan fingerprint density at radius 3 is 2.47 bits per heavy atom. The largest absolute Gasteiger partial charge is 0.507 e. The fourth-order valence-electron chi connectivity index (χ4n) is 3.29. The van der Waals surface area contributed by atoms with Crippen molar-refractivity contribution in [2.24, 2.45) is 5.92 Å². The highest BCUT2D eigenvalue weighted by atomic mass is 35.5. The number of phenols is 1. The maximum Gasteiger partial charge on any atom is 0.315 e. The molecule has 0 spiro atoms. The third-order valence-electron chi connectivity index (χ3n) is 5.62. The summed E-state index contributed by atoms with van der Waals surface area (Å²) in [6, 6.07) is 7.61. The van der Waals surface area contributed by atoms with Gasteiger partial charge < -0.3 is 25.2 Å². The molecule has 1 aliphatic carbocycles. The minimum absolute atomic E-state index is 0.136. The summed E-state index contributed by atoms with van der Waals surface area (Å²) in [5.74, 6) is -2.91. The summed E-state index contributed by atoms with van der Waals surface area (Å²) in [7, 11) is 1.72. The SMILES string of the molecule is Cc1cc(NC(=O)C(C)C(=O)O)cc(Cl)c1Oc1ccc(O)c(C(=O)N(C)C2CCC2)c1. The molecule has 1 saturated carbocycles. The van der Waals surface area contributed by atoms with Crippen LogP contribution in [0.1, 0.15) is 42.1 Å². The number of carbonyl (C=O) groups is 3. The first-order valence-corrected chi connectivity index (χ1v) is 10.6.